The molecule has 12 heteroatoms. The van der Waals surface area contributed by atoms with Crippen LogP contribution in [0.1, 0.15) is 51.0 Å². The van der Waals surface area contributed by atoms with Gasteiger partial charge in [-0.1, -0.05) is 23.2 Å². The molecule has 1 saturated carbocycles. The van der Waals surface area contributed by atoms with Gasteiger partial charge in [0.1, 0.15) is 11.3 Å². The summed E-state index contributed by atoms with van der Waals surface area (Å²) in [7, 11) is 0. The van der Waals surface area contributed by atoms with E-state index in [-0.39, 0.29) is 39.6 Å². The third kappa shape index (κ3) is 5.35. The van der Waals surface area contributed by atoms with Crippen molar-refractivity contribution in [2.45, 2.75) is 57.0 Å². The molecule has 1 saturated heterocycles. The quantitative estimate of drug-likeness (QED) is 0.396. The fourth-order valence-corrected chi connectivity index (χ4v) is 5.53. The van der Waals surface area contributed by atoms with E-state index in [0.717, 1.165) is 25.9 Å². The van der Waals surface area contributed by atoms with Crippen LogP contribution >= 0.6 is 23.2 Å². The van der Waals surface area contributed by atoms with E-state index in [9.17, 15) is 9.18 Å². The lowest BCUT2D eigenvalue weighted by atomic mass is 9.85. The number of amides is 1. The SMILES string of the molecule is NC(=O)C1CCC(n2c(Nc3c(F)cc(Cl)cc3Cl)nc3cnc(NC4CCCOCC4)nc32)CC1. The highest BCUT2D eigenvalue weighted by atomic mass is 35.5. The van der Waals surface area contributed by atoms with Gasteiger partial charge in [-0.3, -0.25) is 9.36 Å². The Kier molecular flexibility index (Phi) is 7.45. The van der Waals surface area contributed by atoms with Gasteiger partial charge in [-0.25, -0.2) is 14.4 Å². The summed E-state index contributed by atoms with van der Waals surface area (Å²) < 4.78 is 22.3. The molecule has 1 aliphatic heterocycles. The van der Waals surface area contributed by atoms with Crippen molar-refractivity contribution < 1.29 is 13.9 Å². The zero-order chi connectivity index (χ0) is 25.2. The van der Waals surface area contributed by atoms with Crippen LogP contribution < -0.4 is 16.4 Å². The minimum absolute atomic E-state index is 0.0173. The van der Waals surface area contributed by atoms with Crippen LogP contribution in [-0.2, 0) is 9.53 Å². The highest BCUT2D eigenvalue weighted by Gasteiger charge is 2.29. The molecule has 4 N–H and O–H groups in total. The van der Waals surface area contributed by atoms with Gasteiger partial charge in [0.05, 0.1) is 16.9 Å². The average molecular weight is 536 g/mol. The first kappa shape index (κ1) is 25.0. The zero-order valence-electron chi connectivity index (χ0n) is 19.6. The average Bonchev–Trinajstić information content (AvgIpc) is 2.99. The van der Waals surface area contributed by atoms with Gasteiger partial charge in [-0.05, 0) is 57.1 Å². The second kappa shape index (κ2) is 10.7. The molecule has 0 spiro atoms. The molecule has 1 aliphatic carbocycles. The van der Waals surface area contributed by atoms with E-state index in [0.29, 0.717) is 55.4 Å². The van der Waals surface area contributed by atoms with Crippen LogP contribution in [0.5, 0.6) is 0 Å². The van der Waals surface area contributed by atoms with Crippen molar-refractivity contribution in [3.8, 4) is 0 Å². The van der Waals surface area contributed by atoms with Crippen LogP contribution in [0.4, 0.5) is 22.0 Å². The smallest absolute Gasteiger partial charge is 0.224 e. The molecule has 9 nitrogen and oxygen atoms in total. The Balaban J connectivity index is 1.51. The number of anilines is 3. The number of halogens is 3. The van der Waals surface area contributed by atoms with E-state index in [1.807, 2.05) is 4.57 Å². The minimum Gasteiger partial charge on any atom is -0.381 e. The standard InChI is InChI=1S/C24H28Cl2FN7O2/c25-14-10-17(26)20(18(27)11-14)32-24-31-19-12-29-23(30-15-2-1-8-36-9-7-15)33-22(19)34(24)16-5-3-13(4-6-16)21(28)35/h10-13,15-16H,1-9H2,(H2,28,35)(H,31,32)(H,29,30,33). The maximum atomic E-state index is 14.8. The van der Waals surface area contributed by atoms with Crippen molar-refractivity contribution in [1.82, 2.24) is 19.5 Å². The molecule has 1 unspecified atom stereocenters. The molecule has 1 aromatic carbocycles. The summed E-state index contributed by atoms with van der Waals surface area (Å²) in [6.45, 7) is 1.46. The highest BCUT2D eigenvalue weighted by Crippen LogP contribution is 2.38. The van der Waals surface area contributed by atoms with E-state index >= 15 is 0 Å². The molecular weight excluding hydrogens is 508 g/mol. The zero-order valence-corrected chi connectivity index (χ0v) is 21.2. The second-order valence-electron chi connectivity index (χ2n) is 9.37. The van der Waals surface area contributed by atoms with Crippen LogP contribution in [0.2, 0.25) is 10.0 Å². The van der Waals surface area contributed by atoms with Gasteiger partial charge < -0.3 is 21.1 Å². The number of aromatic nitrogens is 4. The number of nitrogens with zero attached hydrogens (tertiary/aromatic N) is 4. The molecule has 3 heterocycles. The largest absolute Gasteiger partial charge is 0.381 e. The van der Waals surface area contributed by atoms with Crippen molar-refractivity contribution in [2.24, 2.45) is 11.7 Å². The van der Waals surface area contributed by atoms with E-state index < -0.39 is 5.82 Å². The Labute approximate surface area is 217 Å². The first-order chi connectivity index (χ1) is 17.4. The maximum absolute atomic E-state index is 14.8. The van der Waals surface area contributed by atoms with Gasteiger partial charge in [0, 0.05) is 36.2 Å². The Bertz CT molecular complexity index is 1230. The summed E-state index contributed by atoms with van der Waals surface area (Å²) in [5, 5.41) is 6.82. The molecule has 3 aromatic rings. The van der Waals surface area contributed by atoms with E-state index in [1.54, 1.807) is 6.20 Å². The van der Waals surface area contributed by atoms with Gasteiger partial charge in [0.25, 0.3) is 0 Å². The fourth-order valence-electron chi connectivity index (χ4n) is 5.02. The summed E-state index contributed by atoms with van der Waals surface area (Å²) in [6.07, 6.45) is 7.21. The molecule has 2 aromatic heterocycles. The van der Waals surface area contributed by atoms with Crippen molar-refractivity contribution in [3.63, 3.8) is 0 Å². The fraction of sp³-hybridized carbons (Fsp3) is 0.500. The van der Waals surface area contributed by atoms with Crippen LogP contribution in [0, 0.1) is 11.7 Å². The summed E-state index contributed by atoms with van der Waals surface area (Å²) >= 11 is 12.2. The van der Waals surface area contributed by atoms with E-state index in [2.05, 4.69) is 20.6 Å². The molecule has 192 valence electrons. The molecule has 0 bridgehead atoms. The van der Waals surface area contributed by atoms with Crippen LogP contribution in [0.3, 0.4) is 0 Å². The Morgan fingerprint density at radius 1 is 1.11 bits per heavy atom. The molecule has 2 aliphatic rings. The summed E-state index contributed by atoms with van der Waals surface area (Å²) in [4.78, 5) is 25.7. The number of benzene rings is 1. The second-order valence-corrected chi connectivity index (χ2v) is 10.2. The number of fused-ring (bicyclic) bond motifs is 1. The number of ether oxygens (including phenoxy) is 1. The number of nitrogens with one attached hydrogen (secondary N) is 2. The van der Waals surface area contributed by atoms with Crippen molar-refractivity contribution in [3.05, 3.63) is 34.2 Å². The Hall–Kier alpha value is -2.69. The lowest BCUT2D eigenvalue weighted by Crippen LogP contribution is -2.29. The maximum Gasteiger partial charge on any atom is 0.224 e. The number of primary amides is 1. The number of imidazole rings is 1. The van der Waals surface area contributed by atoms with Crippen molar-refractivity contribution >= 4 is 57.9 Å². The number of hydrogen-bond donors (Lipinski definition) is 3. The molecule has 1 amide bonds. The number of carbonyl (C=O) groups excluding carboxylic acids is 1. The van der Waals surface area contributed by atoms with Crippen LogP contribution in [-0.4, -0.2) is 44.7 Å². The van der Waals surface area contributed by atoms with E-state index in [1.165, 1.54) is 12.1 Å². The molecule has 2 fully saturated rings. The third-order valence-corrected chi connectivity index (χ3v) is 7.44. The van der Waals surface area contributed by atoms with Crippen molar-refractivity contribution in [1.29, 1.82) is 0 Å². The Morgan fingerprint density at radius 2 is 1.92 bits per heavy atom. The highest BCUT2D eigenvalue weighted by molar-refractivity contribution is 6.36. The first-order valence-corrected chi connectivity index (χ1v) is 12.9. The lowest BCUT2D eigenvalue weighted by Gasteiger charge is -2.29. The number of hydrogen-bond acceptors (Lipinski definition) is 7. The van der Waals surface area contributed by atoms with Gasteiger partial charge >= 0.3 is 0 Å². The van der Waals surface area contributed by atoms with Gasteiger partial charge in [0.15, 0.2) is 5.65 Å². The molecule has 5 rings (SSSR count). The predicted molar refractivity (Wildman–Crippen MR) is 137 cm³/mol. The van der Waals surface area contributed by atoms with Crippen molar-refractivity contribution in [2.75, 3.05) is 23.8 Å². The van der Waals surface area contributed by atoms with Gasteiger partial charge in [-0.15, -0.1) is 0 Å². The number of nitrogens with two attached hydrogens (primary N) is 1. The third-order valence-electron chi connectivity index (χ3n) is 6.93. The van der Waals surface area contributed by atoms with Gasteiger partial charge in [-0.2, -0.15) is 4.98 Å². The molecule has 0 radical (unpaired) electrons. The topological polar surface area (TPSA) is 120 Å². The monoisotopic (exact) mass is 535 g/mol. The first-order valence-electron chi connectivity index (χ1n) is 12.2. The lowest BCUT2D eigenvalue weighted by molar-refractivity contribution is -0.122. The molecule has 1 atom stereocenters. The normalized spacial score (nSPS) is 22.8. The van der Waals surface area contributed by atoms with E-state index in [4.69, 9.17) is 38.7 Å². The van der Waals surface area contributed by atoms with Gasteiger partial charge in [0.2, 0.25) is 17.8 Å². The summed E-state index contributed by atoms with van der Waals surface area (Å²) in [5.74, 6) is -0.125. The summed E-state index contributed by atoms with van der Waals surface area (Å²) in [5.41, 5.74) is 6.80. The number of rotatable bonds is 6. The Morgan fingerprint density at radius 3 is 2.67 bits per heavy atom. The molecule has 36 heavy (non-hydrogen) atoms. The number of carbonyl (C=O) groups is 1. The predicted octanol–water partition coefficient (Wildman–Crippen LogP) is 5.21. The molecular formula is C24H28Cl2FN7O2. The summed E-state index contributed by atoms with van der Waals surface area (Å²) in [6, 6.07) is 2.86. The van der Waals surface area contributed by atoms with Crippen LogP contribution in [0.25, 0.3) is 11.2 Å². The van der Waals surface area contributed by atoms with Crippen LogP contribution in [0.15, 0.2) is 18.3 Å². The minimum atomic E-state index is -0.590.